The van der Waals surface area contributed by atoms with Crippen LogP contribution in [0.4, 0.5) is 13.2 Å². The summed E-state index contributed by atoms with van der Waals surface area (Å²) in [4.78, 5) is 7.31. The number of rotatable bonds is 12. The number of hydrogen-bond donors (Lipinski definition) is 0. The molecule has 0 unspecified atom stereocenters. The van der Waals surface area contributed by atoms with Crippen molar-refractivity contribution >= 4 is 23.4 Å². The monoisotopic (exact) mass is 601 g/mol. The summed E-state index contributed by atoms with van der Waals surface area (Å²) in [5.74, 6) is -0.849. The highest BCUT2D eigenvalue weighted by Gasteiger charge is 2.30. The van der Waals surface area contributed by atoms with Gasteiger partial charge < -0.3 is 9.47 Å². The van der Waals surface area contributed by atoms with Crippen molar-refractivity contribution in [3.8, 4) is 17.2 Å². The van der Waals surface area contributed by atoms with E-state index < -0.39 is 17.0 Å². The first-order chi connectivity index (χ1) is 19.6. The Labute approximate surface area is 244 Å². The summed E-state index contributed by atoms with van der Waals surface area (Å²) in [6.07, 6.45) is 2.18. The molecule has 0 saturated carbocycles. The van der Waals surface area contributed by atoms with Crippen molar-refractivity contribution in [3.05, 3.63) is 111 Å². The molecular weight excluding hydrogens is 575 g/mol. The SMILES string of the molecule is COc1cc(C(C)(C)c2cnc(SCc3c(F)cc(OCCCN=[N+]=[N-])cc3Cl)n2-c2ccc(F)cc2)ccc1F. The molecule has 0 aliphatic rings. The molecule has 0 radical (unpaired) electrons. The summed E-state index contributed by atoms with van der Waals surface area (Å²) in [5, 5.41) is 4.16. The molecule has 0 aliphatic carbocycles. The molecule has 0 amide bonds. The third-order valence-corrected chi connectivity index (χ3v) is 7.84. The fourth-order valence-corrected chi connectivity index (χ4v) is 5.59. The van der Waals surface area contributed by atoms with Crippen molar-refractivity contribution in [2.24, 2.45) is 5.11 Å². The van der Waals surface area contributed by atoms with Crippen molar-refractivity contribution in [1.29, 1.82) is 0 Å². The Balaban J connectivity index is 1.65. The minimum Gasteiger partial charge on any atom is -0.494 e. The van der Waals surface area contributed by atoms with Crippen LogP contribution in [0.1, 0.15) is 37.1 Å². The third-order valence-electron chi connectivity index (χ3n) is 6.52. The van der Waals surface area contributed by atoms with E-state index in [0.29, 0.717) is 17.3 Å². The molecule has 4 aromatic rings. The van der Waals surface area contributed by atoms with Gasteiger partial charge in [0.05, 0.1) is 30.6 Å². The fourth-order valence-electron chi connectivity index (χ4n) is 4.22. The van der Waals surface area contributed by atoms with Crippen LogP contribution in [0.2, 0.25) is 5.02 Å². The van der Waals surface area contributed by atoms with Gasteiger partial charge in [0, 0.05) is 39.9 Å². The molecule has 0 spiro atoms. The predicted molar refractivity (Wildman–Crippen MR) is 154 cm³/mol. The second kappa shape index (κ2) is 13.2. The van der Waals surface area contributed by atoms with Gasteiger partial charge in [-0.2, -0.15) is 0 Å². The maximum atomic E-state index is 15.1. The Morgan fingerprint density at radius 3 is 2.51 bits per heavy atom. The summed E-state index contributed by atoms with van der Waals surface area (Å²) < 4.78 is 55.6. The lowest BCUT2D eigenvalue weighted by Gasteiger charge is -2.28. The van der Waals surface area contributed by atoms with Gasteiger partial charge in [0.2, 0.25) is 0 Å². The first-order valence-corrected chi connectivity index (χ1v) is 13.9. The van der Waals surface area contributed by atoms with Crippen LogP contribution in [-0.2, 0) is 11.2 Å². The molecule has 1 aromatic heterocycles. The molecule has 0 fully saturated rings. The lowest BCUT2D eigenvalue weighted by molar-refractivity contribution is 0.311. The highest BCUT2D eigenvalue weighted by Crippen LogP contribution is 2.39. The van der Waals surface area contributed by atoms with Gasteiger partial charge in [-0.3, -0.25) is 4.57 Å². The van der Waals surface area contributed by atoms with E-state index in [1.165, 1.54) is 49.2 Å². The summed E-state index contributed by atoms with van der Waals surface area (Å²) in [6.45, 7) is 4.45. The van der Waals surface area contributed by atoms with Gasteiger partial charge >= 0.3 is 0 Å². The number of hydrogen-bond acceptors (Lipinski definition) is 5. The van der Waals surface area contributed by atoms with Crippen LogP contribution in [0.3, 0.4) is 0 Å². The fraction of sp³-hybridized carbons (Fsp3) is 0.276. The molecule has 7 nitrogen and oxygen atoms in total. The number of halogens is 4. The zero-order valence-corrected chi connectivity index (χ0v) is 24.1. The van der Waals surface area contributed by atoms with Gasteiger partial charge in [0.1, 0.15) is 17.4 Å². The quantitative estimate of drug-likeness (QED) is 0.0535. The van der Waals surface area contributed by atoms with Crippen LogP contribution in [0, 0.1) is 17.5 Å². The molecule has 1 heterocycles. The number of ether oxygens (including phenoxy) is 2. The molecule has 4 rings (SSSR count). The van der Waals surface area contributed by atoms with Gasteiger partial charge in [-0.05, 0) is 60.0 Å². The van der Waals surface area contributed by atoms with Crippen molar-refractivity contribution < 1.29 is 22.6 Å². The summed E-state index contributed by atoms with van der Waals surface area (Å²) >= 11 is 7.69. The van der Waals surface area contributed by atoms with Gasteiger partial charge in [-0.25, -0.2) is 18.2 Å². The van der Waals surface area contributed by atoms with Gasteiger partial charge in [-0.1, -0.05) is 48.4 Å². The number of nitrogens with zero attached hydrogens (tertiary/aromatic N) is 5. The number of benzene rings is 3. The van der Waals surface area contributed by atoms with Crippen LogP contribution >= 0.6 is 23.4 Å². The molecule has 3 aromatic carbocycles. The van der Waals surface area contributed by atoms with E-state index in [1.54, 1.807) is 30.5 Å². The number of aromatic nitrogens is 2. The van der Waals surface area contributed by atoms with E-state index in [2.05, 4.69) is 15.0 Å². The van der Waals surface area contributed by atoms with Crippen LogP contribution in [0.5, 0.6) is 11.5 Å². The van der Waals surface area contributed by atoms with E-state index in [0.717, 1.165) is 11.3 Å². The molecular formula is C29H27ClF3N5O2S. The zero-order chi connectivity index (χ0) is 29.6. The highest BCUT2D eigenvalue weighted by atomic mass is 35.5. The average molecular weight is 602 g/mol. The van der Waals surface area contributed by atoms with Crippen molar-refractivity contribution in [2.45, 2.75) is 36.6 Å². The van der Waals surface area contributed by atoms with Crippen LogP contribution in [-0.4, -0.2) is 29.8 Å². The molecule has 0 bridgehead atoms. The largest absolute Gasteiger partial charge is 0.494 e. The molecule has 41 heavy (non-hydrogen) atoms. The smallest absolute Gasteiger partial charge is 0.173 e. The molecule has 0 atom stereocenters. The number of imidazole rings is 1. The van der Waals surface area contributed by atoms with Crippen molar-refractivity contribution in [2.75, 3.05) is 20.3 Å². The molecule has 214 valence electrons. The maximum absolute atomic E-state index is 15.1. The van der Waals surface area contributed by atoms with Gasteiger partial charge in [0.25, 0.3) is 0 Å². The van der Waals surface area contributed by atoms with E-state index in [9.17, 15) is 8.78 Å². The Morgan fingerprint density at radius 2 is 1.83 bits per heavy atom. The van der Waals surface area contributed by atoms with Crippen molar-refractivity contribution in [1.82, 2.24) is 9.55 Å². The zero-order valence-electron chi connectivity index (χ0n) is 22.6. The minimum absolute atomic E-state index is 0.117. The number of azide groups is 1. The standard InChI is InChI=1S/C29H27ClF3N5O2S/c1-29(2,18-5-10-24(32)26(13-18)39-3)27-16-35-28(38(27)20-8-6-19(31)7-9-20)41-17-22-23(30)14-21(15-25(22)33)40-12-4-11-36-37-34/h5-10,13-16H,4,11-12,17H2,1-3H3. The topological polar surface area (TPSA) is 85.0 Å². The highest BCUT2D eigenvalue weighted by molar-refractivity contribution is 7.98. The average Bonchev–Trinajstić information content (AvgIpc) is 3.38. The molecule has 12 heteroatoms. The van der Waals surface area contributed by atoms with Gasteiger partial charge in [-0.15, -0.1) is 0 Å². The summed E-state index contributed by atoms with van der Waals surface area (Å²) in [6, 6.07) is 13.4. The minimum atomic E-state index is -0.679. The Kier molecular flexibility index (Phi) is 9.75. The Morgan fingerprint density at radius 1 is 1.07 bits per heavy atom. The van der Waals surface area contributed by atoms with E-state index in [-0.39, 0.29) is 46.8 Å². The molecule has 0 aliphatic heterocycles. The van der Waals surface area contributed by atoms with E-state index >= 15 is 4.39 Å². The Hall–Kier alpha value is -3.79. The van der Waals surface area contributed by atoms with Crippen molar-refractivity contribution in [3.63, 3.8) is 0 Å². The maximum Gasteiger partial charge on any atom is 0.173 e. The third kappa shape index (κ3) is 6.93. The first kappa shape index (κ1) is 30.2. The predicted octanol–water partition coefficient (Wildman–Crippen LogP) is 8.65. The summed E-state index contributed by atoms with van der Waals surface area (Å²) in [5.41, 5.74) is 10.1. The molecule has 0 saturated heterocycles. The van der Waals surface area contributed by atoms with Crippen LogP contribution < -0.4 is 9.47 Å². The van der Waals surface area contributed by atoms with E-state index in [1.807, 2.05) is 18.4 Å². The second-order valence-electron chi connectivity index (χ2n) is 9.52. The normalized spacial score (nSPS) is 11.3. The summed E-state index contributed by atoms with van der Waals surface area (Å²) in [7, 11) is 1.40. The second-order valence-corrected chi connectivity index (χ2v) is 10.9. The first-order valence-electron chi connectivity index (χ1n) is 12.6. The lowest BCUT2D eigenvalue weighted by Crippen LogP contribution is -2.23. The van der Waals surface area contributed by atoms with Gasteiger partial charge in [0.15, 0.2) is 16.7 Å². The number of methoxy groups -OCH3 is 1. The Bertz CT molecular complexity index is 1550. The lowest BCUT2D eigenvalue weighted by atomic mass is 9.81. The molecule has 0 N–H and O–H groups in total. The van der Waals surface area contributed by atoms with Crippen LogP contribution in [0.25, 0.3) is 16.1 Å². The van der Waals surface area contributed by atoms with Crippen LogP contribution in [0.15, 0.2) is 71.1 Å². The number of thioether (sulfide) groups is 1. The van der Waals surface area contributed by atoms with E-state index in [4.69, 9.17) is 26.6 Å².